The average molecular weight is 440 g/mol. The summed E-state index contributed by atoms with van der Waals surface area (Å²) in [7, 11) is 1.86. The number of guanidine groups is 1. The minimum Gasteiger partial charge on any atom is -0.381 e. The summed E-state index contributed by atoms with van der Waals surface area (Å²) in [4.78, 5) is 4.45. The van der Waals surface area contributed by atoms with Crippen LogP contribution in [0.5, 0.6) is 0 Å². The number of hydrogen-bond donors (Lipinski definition) is 2. The molecule has 2 N–H and O–H groups in total. The maximum Gasteiger partial charge on any atom is 0.191 e. The van der Waals surface area contributed by atoms with Gasteiger partial charge in [0.25, 0.3) is 0 Å². The SMILES string of the molecule is CN=C(NCC1(C)CCCS1)NCC1(c2ccc(Br)cc2)CCOCC1. The first kappa shape index (κ1) is 20.0. The molecule has 2 fully saturated rings. The molecule has 0 aliphatic carbocycles. The fourth-order valence-electron chi connectivity index (χ4n) is 3.85. The van der Waals surface area contributed by atoms with Crippen LogP contribution in [0.2, 0.25) is 0 Å². The van der Waals surface area contributed by atoms with E-state index >= 15 is 0 Å². The van der Waals surface area contributed by atoms with Gasteiger partial charge in [0.05, 0.1) is 0 Å². The highest BCUT2D eigenvalue weighted by Crippen LogP contribution is 2.37. The molecule has 1 aromatic carbocycles. The topological polar surface area (TPSA) is 45.7 Å². The molecule has 0 bridgehead atoms. The summed E-state index contributed by atoms with van der Waals surface area (Å²) < 4.78 is 7.10. The molecule has 1 aromatic rings. The standard InChI is InChI=1S/C20H30BrN3OS/c1-19(8-3-13-26-19)14-23-18(22-2)24-15-20(9-11-25-12-10-20)16-4-6-17(21)7-5-16/h4-7H,3,8-15H2,1-2H3,(H2,22,23,24). The van der Waals surface area contributed by atoms with E-state index in [0.717, 1.165) is 49.6 Å². The molecule has 0 amide bonds. The number of hydrogen-bond acceptors (Lipinski definition) is 3. The number of benzene rings is 1. The van der Waals surface area contributed by atoms with E-state index in [-0.39, 0.29) is 5.41 Å². The molecule has 144 valence electrons. The van der Waals surface area contributed by atoms with Gasteiger partial charge < -0.3 is 15.4 Å². The molecule has 2 saturated heterocycles. The van der Waals surface area contributed by atoms with Gasteiger partial charge in [-0.05, 0) is 56.1 Å². The lowest BCUT2D eigenvalue weighted by Crippen LogP contribution is -2.50. The number of nitrogens with one attached hydrogen (secondary N) is 2. The van der Waals surface area contributed by atoms with Crippen molar-refractivity contribution < 1.29 is 4.74 Å². The largest absolute Gasteiger partial charge is 0.381 e. The molecule has 0 spiro atoms. The van der Waals surface area contributed by atoms with Crippen molar-refractivity contribution in [2.45, 2.75) is 42.8 Å². The summed E-state index contributed by atoms with van der Waals surface area (Å²) in [6.07, 6.45) is 4.67. The minimum absolute atomic E-state index is 0.0998. The predicted octanol–water partition coefficient (Wildman–Crippen LogP) is 3.95. The highest BCUT2D eigenvalue weighted by molar-refractivity contribution is 9.10. The first-order valence-electron chi connectivity index (χ1n) is 9.48. The summed E-state index contributed by atoms with van der Waals surface area (Å²) in [5.41, 5.74) is 1.48. The zero-order chi connectivity index (χ0) is 18.5. The third kappa shape index (κ3) is 4.96. The summed E-state index contributed by atoms with van der Waals surface area (Å²) in [6.45, 7) is 5.83. The van der Waals surface area contributed by atoms with E-state index < -0.39 is 0 Å². The Balaban J connectivity index is 1.64. The quantitative estimate of drug-likeness (QED) is 0.538. The molecule has 4 nitrogen and oxygen atoms in total. The van der Waals surface area contributed by atoms with Gasteiger partial charge in [0, 0.05) is 48.0 Å². The average Bonchev–Trinajstić information content (AvgIpc) is 3.10. The zero-order valence-corrected chi connectivity index (χ0v) is 18.2. The van der Waals surface area contributed by atoms with E-state index in [1.807, 2.05) is 7.05 Å². The molecule has 1 atom stereocenters. The van der Waals surface area contributed by atoms with Gasteiger partial charge in [-0.3, -0.25) is 4.99 Å². The maximum atomic E-state index is 5.65. The van der Waals surface area contributed by atoms with Crippen LogP contribution >= 0.6 is 27.7 Å². The lowest BCUT2D eigenvalue weighted by Gasteiger charge is -2.38. The molecule has 1 unspecified atom stereocenters. The second-order valence-electron chi connectivity index (χ2n) is 7.58. The van der Waals surface area contributed by atoms with Crippen LogP contribution in [0.15, 0.2) is 33.7 Å². The summed E-state index contributed by atoms with van der Waals surface area (Å²) in [5.74, 6) is 2.18. The Bertz CT molecular complexity index is 608. The fraction of sp³-hybridized carbons (Fsp3) is 0.650. The van der Waals surface area contributed by atoms with Crippen LogP contribution in [-0.4, -0.2) is 49.8 Å². The molecule has 0 saturated carbocycles. The van der Waals surface area contributed by atoms with Crippen LogP contribution < -0.4 is 10.6 Å². The van der Waals surface area contributed by atoms with E-state index in [1.165, 1.54) is 24.2 Å². The van der Waals surface area contributed by atoms with Crippen LogP contribution in [0, 0.1) is 0 Å². The fourth-order valence-corrected chi connectivity index (χ4v) is 5.36. The van der Waals surface area contributed by atoms with Crippen molar-refractivity contribution in [3.63, 3.8) is 0 Å². The van der Waals surface area contributed by atoms with Crippen molar-refractivity contribution in [3.8, 4) is 0 Å². The highest BCUT2D eigenvalue weighted by atomic mass is 79.9. The second-order valence-corrected chi connectivity index (χ2v) is 10.2. The van der Waals surface area contributed by atoms with Gasteiger partial charge in [-0.25, -0.2) is 0 Å². The molecule has 2 aliphatic heterocycles. The van der Waals surface area contributed by atoms with Crippen molar-refractivity contribution in [2.24, 2.45) is 4.99 Å². The van der Waals surface area contributed by atoms with Gasteiger partial charge >= 0.3 is 0 Å². The molecular formula is C20H30BrN3OS. The predicted molar refractivity (Wildman–Crippen MR) is 115 cm³/mol. The number of aliphatic imine (C=N–C) groups is 1. The molecule has 26 heavy (non-hydrogen) atoms. The van der Waals surface area contributed by atoms with Crippen molar-refractivity contribution in [1.29, 1.82) is 0 Å². The highest BCUT2D eigenvalue weighted by Gasteiger charge is 2.35. The Kier molecular flexibility index (Phi) is 6.92. The smallest absolute Gasteiger partial charge is 0.191 e. The van der Waals surface area contributed by atoms with E-state index in [4.69, 9.17) is 4.74 Å². The Labute approximate surface area is 170 Å². The van der Waals surface area contributed by atoms with E-state index in [2.05, 4.69) is 74.5 Å². The molecule has 6 heteroatoms. The third-order valence-corrected chi connectivity index (χ3v) is 7.72. The van der Waals surface area contributed by atoms with Gasteiger partial charge in [0.1, 0.15) is 0 Å². The normalized spacial score (nSPS) is 25.9. The van der Waals surface area contributed by atoms with Crippen molar-refractivity contribution in [1.82, 2.24) is 10.6 Å². The lowest BCUT2D eigenvalue weighted by atomic mass is 9.74. The van der Waals surface area contributed by atoms with Crippen LogP contribution in [0.4, 0.5) is 0 Å². The Morgan fingerprint density at radius 2 is 1.85 bits per heavy atom. The Hall–Kier alpha value is -0.720. The molecule has 2 heterocycles. The minimum atomic E-state index is 0.0998. The van der Waals surface area contributed by atoms with Gasteiger partial charge in [0.15, 0.2) is 5.96 Å². The van der Waals surface area contributed by atoms with E-state index in [9.17, 15) is 0 Å². The maximum absolute atomic E-state index is 5.65. The Morgan fingerprint density at radius 3 is 2.46 bits per heavy atom. The van der Waals surface area contributed by atoms with Gasteiger partial charge in [-0.2, -0.15) is 11.8 Å². The van der Waals surface area contributed by atoms with Crippen LogP contribution in [0.3, 0.4) is 0 Å². The second kappa shape index (κ2) is 8.98. The van der Waals surface area contributed by atoms with Gasteiger partial charge in [0.2, 0.25) is 0 Å². The third-order valence-electron chi connectivity index (χ3n) is 5.65. The van der Waals surface area contributed by atoms with Crippen molar-refractivity contribution in [3.05, 3.63) is 34.3 Å². The molecular weight excluding hydrogens is 410 g/mol. The van der Waals surface area contributed by atoms with E-state index in [0.29, 0.717) is 4.75 Å². The molecule has 0 aromatic heterocycles. The van der Waals surface area contributed by atoms with Crippen molar-refractivity contribution in [2.75, 3.05) is 39.1 Å². The van der Waals surface area contributed by atoms with Gasteiger partial charge in [-0.15, -0.1) is 0 Å². The molecule has 0 radical (unpaired) electrons. The first-order valence-corrected chi connectivity index (χ1v) is 11.3. The first-order chi connectivity index (χ1) is 12.6. The molecule has 3 rings (SSSR count). The van der Waals surface area contributed by atoms with Crippen LogP contribution in [0.1, 0.15) is 38.2 Å². The van der Waals surface area contributed by atoms with Crippen molar-refractivity contribution >= 4 is 33.7 Å². The lowest BCUT2D eigenvalue weighted by molar-refractivity contribution is 0.0514. The van der Waals surface area contributed by atoms with Crippen LogP contribution in [0.25, 0.3) is 0 Å². The van der Waals surface area contributed by atoms with E-state index in [1.54, 1.807) is 0 Å². The monoisotopic (exact) mass is 439 g/mol. The number of nitrogens with zero attached hydrogens (tertiary/aromatic N) is 1. The number of ether oxygens (including phenoxy) is 1. The summed E-state index contributed by atoms with van der Waals surface area (Å²) in [6, 6.07) is 8.75. The number of thioether (sulfide) groups is 1. The van der Waals surface area contributed by atoms with Gasteiger partial charge in [-0.1, -0.05) is 28.1 Å². The zero-order valence-electron chi connectivity index (χ0n) is 15.8. The number of halogens is 1. The molecule has 2 aliphatic rings. The Morgan fingerprint density at radius 1 is 1.15 bits per heavy atom. The summed E-state index contributed by atoms with van der Waals surface area (Å²) >= 11 is 5.62. The number of rotatable bonds is 5. The van der Waals surface area contributed by atoms with Crippen LogP contribution in [-0.2, 0) is 10.2 Å². The summed E-state index contributed by atoms with van der Waals surface area (Å²) in [5, 5.41) is 7.15.